The molecule has 12 heavy (non-hydrogen) atoms. The van der Waals surface area contributed by atoms with E-state index in [1.54, 1.807) is 0 Å². The smallest absolute Gasteiger partial charge is 0.217 e. The van der Waals surface area contributed by atoms with Gasteiger partial charge in [0.15, 0.2) is 0 Å². The van der Waals surface area contributed by atoms with Gasteiger partial charge in [-0.1, -0.05) is 11.6 Å². The summed E-state index contributed by atoms with van der Waals surface area (Å²) in [5.41, 5.74) is 0. The third kappa shape index (κ3) is 2.50. The Morgan fingerprint density at radius 3 is 2.75 bits per heavy atom. The zero-order chi connectivity index (χ0) is 9.14. The van der Waals surface area contributed by atoms with Crippen LogP contribution in [0.1, 0.15) is 24.8 Å². The van der Waals surface area contributed by atoms with Crippen molar-refractivity contribution in [3.63, 3.8) is 0 Å². The summed E-state index contributed by atoms with van der Waals surface area (Å²) in [4.78, 5) is 11.8. The third-order valence-electron chi connectivity index (χ3n) is 1.44. The molecule has 0 aliphatic heterocycles. The van der Waals surface area contributed by atoms with Crippen molar-refractivity contribution < 1.29 is 4.79 Å². The Kier molecular flexibility index (Phi) is 3.12. The molecule has 0 radical (unpaired) electrons. The fraction of sp³-hybridized carbons (Fsp3) is 0.375. The molecule has 66 valence electrons. The molecule has 1 amide bonds. The largest absolute Gasteiger partial charge is 0.349 e. The first-order chi connectivity index (χ1) is 5.59. The zero-order valence-electron chi connectivity index (χ0n) is 6.93. The van der Waals surface area contributed by atoms with Crippen molar-refractivity contribution in [2.24, 2.45) is 0 Å². The predicted molar refractivity (Wildman–Crippen MR) is 51.6 cm³/mol. The molecule has 4 heteroatoms. The second kappa shape index (κ2) is 3.92. The Balaban J connectivity index is 2.64. The fourth-order valence-corrected chi connectivity index (χ4v) is 2.00. The van der Waals surface area contributed by atoms with Crippen molar-refractivity contribution in [1.29, 1.82) is 0 Å². The molecular weight excluding hydrogens is 194 g/mol. The number of nitrogens with one attached hydrogen (secondary N) is 1. The van der Waals surface area contributed by atoms with Crippen molar-refractivity contribution in [1.82, 2.24) is 5.32 Å². The SMILES string of the molecule is CC(=O)N[C@H](C)c1ccc(Cl)s1. The van der Waals surface area contributed by atoms with Crippen LogP contribution in [-0.2, 0) is 4.79 Å². The summed E-state index contributed by atoms with van der Waals surface area (Å²) in [6, 6.07) is 3.81. The first-order valence-electron chi connectivity index (χ1n) is 3.62. The fourth-order valence-electron chi connectivity index (χ4n) is 0.937. The van der Waals surface area contributed by atoms with Gasteiger partial charge in [0.2, 0.25) is 5.91 Å². The van der Waals surface area contributed by atoms with Gasteiger partial charge in [-0.3, -0.25) is 4.79 Å². The summed E-state index contributed by atoms with van der Waals surface area (Å²) < 4.78 is 0.752. The van der Waals surface area contributed by atoms with Crippen LogP contribution in [0.4, 0.5) is 0 Å². The first kappa shape index (κ1) is 9.55. The second-order valence-electron chi connectivity index (χ2n) is 2.56. The van der Waals surface area contributed by atoms with Gasteiger partial charge < -0.3 is 5.32 Å². The predicted octanol–water partition coefficient (Wildman–Crippen LogP) is 2.60. The molecule has 1 aromatic heterocycles. The van der Waals surface area contributed by atoms with Gasteiger partial charge in [0.25, 0.3) is 0 Å². The molecule has 0 aliphatic carbocycles. The van der Waals surface area contributed by atoms with Gasteiger partial charge in [-0.2, -0.15) is 0 Å². The lowest BCUT2D eigenvalue weighted by Gasteiger charge is -2.08. The molecule has 1 N–H and O–H groups in total. The molecule has 2 nitrogen and oxygen atoms in total. The Labute approximate surface area is 80.5 Å². The van der Waals surface area contributed by atoms with Gasteiger partial charge in [0.1, 0.15) is 0 Å². The Morgan fingerprint density at radius 2 is 2.33 bits per heavy atom. The van der Waals surface area contributed by atoms with Crippen LogP contribution in [0.25, 0.3) is 0 Å². The average Bonchev–Trinajstić information content (AvgIpc) is 2.34. The number of carbonyl (C=O) groups is 1. The van der Waals surface area contributed by atoms with E-state index in [1.807, 2.05) is 19.1 Å². The van der Waals surface area contributed by atoms with Crippen LogP contribution >= 0.6 is 22.9 Å². The van der Waals surface area contributed by atoms with E-state index in [0.29, 0.717) is 0 Å². The number of carbonyl (C=O) groups excluding carboxylic acids is 1. The van der Waals surface area contributed by atoms with E-state index in [1.165, 1.54) is 18.3 Å². The molecule has 1 atom stereocenters. The average molecular weight is 204 g/mol. The topological polar surface area (TPSA) is 29.1 Å². The molecule has 0 saturated carbocycles. The summed E-state index contributed by atoms with van der Waals surface area (Å²) in [5, 5.41) is 2.79. The van der Waals surface area contributed by atoms with Crippen LogP contribution in [0.15, 0.2) is 12.1 Å². The van der Waals surface area contributed by atoms with E-state index in [4.69, 9.17) is 11.6 Å². The number of hydrogen-bond donors (Lipinski definition) is 1. The highest BCUT2D eigenvalue weighted by atomic mass is 35.5. The lowest BCUT2D eigenvalue weighted by Crippen LogP contribution is -2.22. The molecule has 1 rings (SSSR count). The minimum atomic E-state index is -0.0213. The first-order valence-corrected chi connectivity index (χ1v) is 4.81. The van der Waals surface area contributed by atoms with Crippen LogP contribution in [0.2, 0.25) is 4.34 Å². The van der Waals surface area contributed by atoms with E-state index in [0.717, 1.165) is 9.21 Å². The standard InChI is InChI=1S/C8H10ClNOS/c1-5(10-6(2)11)7-3-4-8(9)12-7/h3-5H,1-2H3,(H,10,11)/t5-/m1/s1. The molecule has 0 bridgehead atoms. The van der Waals surface area contributed by atoms with Crippen LogP contribution in [0, 0.1) is 0 Å². The molecule has 0 aromatic carbocycles. The number of halogens is 1. The highest BCUT2D eigenvalue weighted by molar-refractivity contribution is 7.16. The van der Waals surface area contributed by atoms with E-state index in [2.05, 4.69) is 5.32 Å². The number of rotatable bonds is 2. The maximum Gasteiger partial charge on any atom is 0.217 e. The maximum atomic E-state index is 10.7. The molecule has 0 unspecified atom stereocenters. The van der Waals surface area contributed by atoms with Crippen LogP contribution in [-0.4, -0.2) is 5.91 Å². The van der Waals surface area contributed by atoms with Crippen molar-refractivity contribution in [2.75, 3.05) is 0 Å². The van der Waals surface area contributed by atoms with Crippen molar-refractivity contribution >= 4 is 28.8 Å². The Bertz CT molecular complexity index is 284. The van der Waals surface area contributed by atoms with E-state index >= 15 is 0 Å². The summed E-state index contributed by atoms with van der Waals surface area (Å²) in [7, 11) is 0. The van der Waals surface area contributed by atoms with Gasteiger partial charge in [-0.15, -0.1) is 11.3 Å². The number of thiophene rings is 1. The van der Waals surface area contributed by atoms with Crippen LogP contribution in [0.5, 0.6) is 0 Å². The minimum absolute atomic E-state index is 0.0213. The maximum absolute atomic E-state index is 10.7. The summed E-state index contributed by atoms with van der Waals surface area (Å²) in [6.45, 7) is 3.44. The van der Waals surface area contributed by atoms with Crippen LogP contribution < -0.4 is 5.32 Å². The van der Waals surface area contributed by atoms with Gasteiger partial charge in [-0.25, -0.2) is 0 Å². The highest BCUT2D eigenvalue weighted by Gasteiger charge is 2.08. The van der Waals surface area contributed by atoms with Gasteiger partial charge in [0.05, 0.1) is 10.4 Å². The lowest BCUT2D eigenvalue weighted by atomic mass is 10.3. The van der Waals surface area contributed by atoms with Gasteiger partial charge in [0, 0.05) is 11.8 Å². The Morgan fingerprint density at radius 1 is 1.67 bits per heavy atom. The van der Waals surface area contributed by atoms with E-state index in [-0.39, 0.29) is 11.9 Å². The molecule has 1 aromatic rings. The third-order valence-corrected chi connectivity index (χ3v) is 2.85. The molecule has 0 saturated heterocycles. The monoisotopic (exact) mass is 203 g/mol. The highest BCUT2D eigenvalue weighted by Crippen LogP contribution is 2.26. The van der Waals surface area contributed by atoms with Crippen molar-refractivity contribution in [2.45, 2.75) is 19.9 Å². The molecule has 0 fully saturated rings. The minimum Gasteiger partial charge on any atom is -0.349 e. The van der Waals surface area contributed by atoms with E-state index in [9.17, 15) is 4.79 Å². The quantitative estimate of drug-likeness (QED) is 0.787. The summed E-state index contributed by atoms with van der Waals surface area (Å²) >= 11 is 7.24. The van der Waals surface area contributed by atoms with Crippen LogP contribution in [0.3, 0.4) is 0 Å². The lowest BCUT2D eigenvalue weighted by molar-refractivity contribution is -0.119. The molecular formula is C8H10ClNOS. The molecule has 1 heterocycles. The summed E-state index contributed by atoms with van der Waals surface area (Å²) in [5.74, 6) is -0.0213. The Hall–Kier alpha value is -0.540. The number of amides is 1. The number of hydrogen-bond acceptors (Lipinski definition) is 2. The second-order valence-corrected chi connectivity index (χ2v) is 4.31. The molecule has 0 aliphatic rings. The van der Waals surface area contributed by atoms with Gasteiger partial charge >= 0.3 is 0 Å². The molecule has 0 spiro atoms. The van der Waals surface area contributed by atoms with Crippen molar-refractivity contribution in [3.05, 3.63) is 21.3 Å². The van der Waals surface area contributed by atoms with Gasteiger partial charge in [-0.05, 0) is 19.1 Å². The summed E-state index contributed by atoms with van der Waals surface area (Å²) in [6.07, 6.45) is 0. The normalized spacial score (nSPS) is 12.6. The zero-order valence-corrected chi connectivity index (χ0v) is 8.50. The van der Waals surface area contributed by atoms with E-state index < -0.39 is 0 Å². The van der Waals surface area contributed by atoms with Crippen molar-refractivity contribution in [3.8, 4) is 0 Å².